The highest BCUT2D eigenvalue weighted by molar-refractivity contribution is 5.98. The monoisotopic (exact) mass is 1380 g/mol. The van der Waals surface area contributed by atoms with Crippen LogP contribution in [0.25, 0.3) is 201 Å². The molecular formula is C97H61N11. The Morgan fingerprint density at radius 1 is 0.148 bits per heavy atom. The average Bonchev–Trinajstić information content (AvgIpc) is 0.800. The maximum atomic E-state index is 5.19. The summed E-state index contributed by atoms with van der Waals surface area (Å²) in [5, 5.41) is 6.54. The van der Waals surface area contributed by atoms with Gasteiger partial charge in [0, 0.05) is 100 Å². The van der Waals surface area contributed by atoms with Crippen molar-refractivity contribution in [3.05, 3.63) is 370 Å². The third-order valence-electron chi connectivity index (χ3n) is 19.7. The van der Waals surface area contributed by atoms with Crippen LogP contribution in [0.3, 0.4) is 0 Å². The van der Waals surface area contributed by atoms with Gasteiger partial charge in [0.05, 0.1) is 67.3 Å². The van der Waals surface area contributed by atoms with Crippen molar-refractivity contribution in [1.82, 2.24) is 54.8 Å². The molecule has 0 aliphatic heterocycles. The van der Waals surface area contributed by atoms with E-state index in [-0.39, 0.29) is 0 Å². The minimum atomic E-state index is 0.621. The quantitative estimate of drug-likeness (QED) is 0.115. The molecule has 0 saturated heterocycles. The lowest BCUT2D eigenvalue weighted by molar-refractivity contribution is 1.07. The van der Waals surface area contributed by atoms with E-state index < -0.39 is 0 Å². The van der Waals surface area contributed by atoms with E-state index >= 15 is 0 Å². The Bertz CT molecular complexity index is 6670. The number of aromatic nitrogens is 11. The van der Waals surface area contributed by atoms with Crippen molar-refractivity contribution in [3.8, 4) is 135 Å². The van der Waals surface area contributed by atoms with Crippen molar-refractivity contribution < 1.29 is 0 Å². The van der Waals surface area contributed by atoms with Crippen molar-refractivity contribution in [2.45, 2.75) is 0 Å². The molecule has 8 heterocycles. The number of benzene rings is 12. The van der Waals surface area contributed by atoms with Gasteiger partial charge in [-0.2, -0.15) is 0 Å². The van der Waals surface area contributed by atoms with E-state index in [0.29, 0.717) is 23.3 Å². The van der Waals surface area contributed by atoms with Crippen molar-refractivity contribution in [3.63, 3.8) is 0 Å². The maximum Gasteiger partial charge on any atom is 0.164 e. The molecule has 0 radical (unpaired) electrons. The summed E-state index contributed by atoms with van der Waals surface area (Å²) in [4.78, 5) is 54.4. The molecule has 11 nitrogen and oxygen atoms in total. The van der Waals surface area contributed by atoms with Gasteiger partial charge in [-0.1, -0.05) is 285 Å². The van der Waals surface area contributed by atoms with Crippen molar-refractivity contribution in [2.24, 2.45) is 0 Å². The number of nitrogens with zero attached hydrogens (tertiary/aromatic N) is 11. The van der Waals surface area contributed by atoms with Crippen molar-refractivity contribution in [2.75, 3.05) is 0 Å². The number of pyridine rings is 6. The first kappa shape index (κ1) is 64.1. The zero-order valence-electron chi connectivity index (χ0n) is 58.1. The number of fused-ring (bicyclic) bond motifs is 6. The summed E-state index contributed by atoms with van der Waals surface area (Å²) in [6.07, 6.45) is 3.67. The van der Waals surface area contributed by atoms with E-state index in [2.05, 4.69) is 247 Å². The van der Waals surface area contributed by atoms with Crippen LogP contribution in [-0.4, -0.2) is 54.8 Å². The number of para-hydroxylation sites is 2. The zero-order chi connectivity index (χ0) is 71.7. The highest BCUT2D eigenvalue weighted by atomic mass is 15.0. The van der Waals surface area contributed by atoms with Gasteiger partial charge < -0.3 is 0 Å². The van der Waals surface area contributed by atoms with E-state index in [4.69, 9.17) is 44.9 Å². The highest BCUT2D eigenvalue weighted by Gasteiger charge is 2.18. The Kier molecular flexibility index (Phi) is 16.7. The van der Waals surface area contributed by atoms with Crippen LogP contribution in [0.4, 0.5) is 0 Å². The first-order valence-corrected chi connectivity index (χ1v) is 35.8. The minimum absolute atomic E-state index is 0.621. The predicted octanol–water partition coefficient (Wildman–Crippen LogP) is 23.6. The van der Waals surface area contributed by atoms with E-state index in [1.165, 1.54) is 0 Å². The van der Waals surface area contributed by atoms with Gasteiger partial charge in [-0.25, -0.2) is 44.9 Å². The lowest BCUT2D eigenvalue weighted by Gasteiger charge is -2.11. The Morgan fingerprint density at radius 2 is 0.435 bits per heavy atom. The van der Waals surface area contributed by atoms with Crippen LogP contribution in [0, 0.1) is 0 Å². The summed E-state index contributed by atoms with van der Waals surface area (Å²) in [6, 6.07) is 123. The van der Waals surface area contributed by atoms with Crippen LogP contribution >= 0.6 is 0 Å². The van der Waals surface area contributed by atoms with Gasteiger partial charge in [0.15, 0.2) is 23.3 Å². The molecule has 20 aromatic rings. The summed E-state index contributed by atoms with van der Waals surface area (Å²) in [5.41, 5.74) is 25.2. The van der Waals surface area contributed by atoms with Crippen LogP contribution in [0.2, 0.25) is 0 Å². The Hall–Kier alpha value is -14.8. The normalized spacial score (nSPS) is 11.3. The topological polar surface area (TPSA) is 142 Å². The smallest absolute Gasteiger partial charge is 0.164 e. The molecule has 8 aromatic heterocycles. The molecular weight excluding hydrogens is 1320 g/mol. The fourth-order valence-electron chi connectivity index (χ4n) is 14.1. The third kappa shape index (κ3) is 13.0. The van der Waals surface area contributed by atoms with Gasteiger partial charge in [0.1, 0.15) is 0 Å². The summed E-state index contributed by atoms with van der Waals surface area (Å²) >= 11 is 0. The first-order valence-electron chi connectivity index (χ1n) is 35.8. The second-order valence-corrected chi connectivity index (χ2v) is 26.6. The molecule has 11 heteroatoms. The summed E-state index contributed by atoms with van der Waals surface area (Å²) < 4.78 is 0. The van der Waals surface area contributed by atoms with Gasteiger partial charge in [-0.05, 0) is 95.1 Å². The molecule has 0 aliphatic rings. The maximum absolute atomic E-state index is 5.19. The van der Waals surface area contributed by atoms with E-state index in [1.807, 2.05) is 134 Å². The molecule has 0 spiro atoms. The molecule has 0 fully saturated rings. The molecule has 0 saturated carbocycles. The second kappa shape index (κ2) is 28.1. The Balaban J connectivity index is 0.000000147. The van der Waals surface area contributed by atoms with Crippen molar-refractivity contribution >= 4 is 65.4 Å². The summed E-state index contributed by atoms with van der Waals surface area (Å²) in [5.74, 6) is 2.59. The lowest BCUT2D eigenvalue weighted by atomic mass is 10.00. The van der Waals surface area contributed by atoms with Gasteiger partial charge in [0.2, 0.25) is 0 Å². The van der Waals surface area contributed by atoms with Gasteiger partial charge in [0.25, 0.3) is 0 Å². The molecule has 0 bridgehead atoms. The molecule has 20 rings (SSSR count). The number of hydrogen-bond donors (Lipinski definition) is 0. The van der Waals surface area contributed by atoms with Gasteiger partial charge in [-0.15, -0.1) is 0 Å². The number of rotatable bonds is 12. The molecule has 0 unspecified atom stereocenters. The molecule has 12 aromatic carbocycles. The second-order valence-electron chi connectivity index (χ2n) is 26.6. The molecule has 0 N–H and O–H groups in total. The standard InChI is InChI=1S/C49H31N5.C48H30N6/c1-3-10-32(11-4-1)46-31-47(54-49(53-46)36-12-5-2-6-13-36)40-16-7-15-39(28-40)42-25-23-33-19-21-37(29-44(33)51-42)38-22-20-34-24-26-43(52-45(34)30-38)41-18-8-14-35-17-9-27-50-48(35)41;1-3-9-35(10-4-1)46-52-47(36-11-5-2-6-12-36)54-48(53-46)37-20-16-31(17-21-37)41-26-24-32-18-22-38(29-43(32)50-41)39-23-19-33-25-27-42(51-44(33)30-39)40-15-7-13-34-14-8-28-49-45(34)40/h1-31H;1-30H. The summed E-state index contributed by atoms with van der Waals surface area (Å²) in [6.45, 7) is 0. The molecule has 504 valence electrons. The van der Waals surface area contributed by atoms with E-state index in [9.17, 15) is 0 Å². The van der Waals surface area contributed by atoms with Crippen LogP contribution in [-0.2, 0) is 0 Å². The van der Waals surface area contributed by atoms with Crippen LogP contribution in [0.5, 0.6) is 0 Å². The SMILES string of the molecule is c1ccc(-c2cc(-c3cccc(-c4ccc5ccc(-c6ccc7ccc(-c8cccc9cccnc89)nc7c6)cc5n4)c3)nc(-c3ccccc3)n2)cc1.c1ccc(-c2nc(-c3ccccc3)nc(-c3ccc(-c4ccc5ccc(-c6ccc7ccc(-c8cccc9cccnc89)nc7c6)cc5n4)cc3)n2)cc1. The molecule has 0 atom stereocenters. The van der Waals surface area contributed by atoms with Gasteiger partial charge >= 0.3 is 0 Å². The lowest BCUT2D eigenvalue weighted by Crippen LogP contribution is -2.00. The van der Waals surface area contributed by atoms with Crippen LogP contribution in [0.15, 0.2) is 370 Å². The zero-order valence-corrected chi connectivity index (χ0v) is 58.1. The highest BCUT2D eigenvalue weighted by Crippen LogP contribution is 2.37. The summed E-state index contributed by atoms with van der Waals surface area (Å²) in [7, 11) is 0. The van der Waals surface area contributed by atoms with E-state index in [0.717, 1.165) is 177 Å². The number of hydrogen-bond acceptors (Lipinski definition) is 11. The van der Waals surface area contributed by atoms with E-state index in [1.54, 1.807) is 0 Å². The largest absolute Gasteiger partial charge is 0.256 e. The average molecular weight is 1380 g/mol. The Morgan fingerprint density at radius 3 is 0.861 bits per heavy atom. The minimum Gasteiger partial charge on any atom is -0.256 e. The molecule has 0 amide bonds. The molecule has 108 heavy (non-hydrogen) atoms. The van der Waals surface area contributed by atoms with Crippen LogP contribution in [0.1, 0.15) is 0 Å². The third-order valence-corrected chi connectivity index (χ3v) is 19.7. The van der Waals surface area contributed by atoms with Gasteiger partial charge in [-0.3, -0.25) is 9.97 Å². The fraction of sp³-hybridized carbons (Fsp3) is 0. The fourth-order valence-corrected chi connectivity index (χ4v) is 14.1. The van der Waals surface area contributed by atoms with Crippen molar-refractivity contribution in [1.29, 1.82) is 0 Å². The molecule has 0 aliphatic carbocycles. The Labute approximate surface area is 622 Å². The van der Waals surface area contributed by atoms with Crippen LogP contribution < -0.4 is 0 Å². The predicted molar refractivity (Wildman–Crippen MR) is 439 cm³/mol. The first-order chi connectivity index (χ1) is 53.4.